The van der Waals surface area contributed by atoms with Crippen molar-refractivity contribution in [3.05, 3.63) is 24.3 Å². The number of hydrogen-bond donors (Lipinski definition) is 3. The van der Waals surface area contributed by atoms with E-state index in [-0.39, 0.29) is 11.7 Å². The molecule has 7 heteroatoms. The molecule has 1 amide bonds. The lowest BCUT2D eigenvalue weighted by molar-refractivity contribution is -0.120. The first-order valence-corrected chi connectivity index (χ1v) is 7.50. The molecule has 0 atom stereocenters. The largest absolute Gasteiger partial charge is 0.325 e. The fraction of sp³-hybridized carbons (Fsp3) is 0.417. The van der Waals surface area contributed by atoms with Gasteiger partial charge in [0.25, 0.3) is 0 Å². The van der Waals surface area contributed by atoms with Gasteiger partial charge in [-0.15, -0.1) is 0 Å². The van der Waals surface area contributed by atoms with Gasteiger partial charge in [-0.05, 0) is 45.0 Å². The lowest BCUT2D eigenvalue weighted by Gasteiger charge is -2.17. The highest BCUT2D eigenvalue weighted by atomic mass is 32.2. The van der Waals surface area contributed by atoms with E-state index < -0.39 is 15.6 Å². The van der Waals surface area contributed by atoms with E-state index in [0.717, 1.165) is 0 Å². The van der Waals surface area contributed by atoms with Crippen molar-refractivity contribution in [2.45, 2.75) is 26.3 Å². The normalized spacial score (nSPS) is 12.0. The summed E-state index contributed by atoms with van der Waals surface area (Å²) in [6, 6.07) is 6.37. The molecule has 0 spiro atoms. The number of rotatable bonds is 5. The number of benzene rings is 1. The molecule has 0 aliphatic carbocycles. The highest BCUT2D eigenvalue weighted by molar-refractivity contribution is 7.92. The van der Waals surface area contributed by atoms with Crippen molar-refractivity contribution in [1.29, 1.82) is 0 Å². The third kappa shape index (κ3) is 4.88. The number of nitrogens with two attached hydrogens (primary N) is 1. The van der Waals surface area contributed by atoms with Crippen molar-refractivity contribution < 1.29 is 13.2 Å². The van der Waals surface area contributed by atoms with Gasteiger partial charge in [0, 0.05) is 11.4 Å². The highest BCUT2D eigenvalue weighted by Gasteiger charge is 2.21. The van der Waals surface area contributed by atoms with E-state index in [2.05, 4.69) is 10.0 Å². The van der Waals surface area contributed by atoms with Gasteiger partial charge in [0.1, 0.15) is 0 Å². The molecule has 19 heavy (non-hydrogen) atoms. The summed E-state index contributed by atoms with van der Waals surface area (Å²) in [5, 5.41) is 2.64. The first-order chi connectivity index (χ1) is 8.64. The van der Waals surface area contributed by atoms with Gasteiger partial charge in [-0.1, -0.05) is 0 Å². The fourth-order valence-corrected chi connectivity index (χ4v) is 1.81. The third-order valence-electron chi connectivity index (χ3n) is 2.38. The predicted molar refractivity (Wildman–Crippen MR) is 76.4 cm³/mol. The quantitative estimate of drug-likeness (QED) is 0.754. The van der Waals surface area contributed by atoms with E-state index in [9.17, 15) is 13.2 Å². The van der Waals surface area contributed by atoms with Crippen LogP contribution in [0.3, 0.4) is 0 Å². The van der Waals surface area contributed by atoms with E-state index in [0.29, 0.717) is 11.4 Å². The average molecular weight is 285 g/mol. The molecule has 0 saturated carbocycles. The minimum absolute atomic E-state index is 0.00680. The Morgan fingerprint density at radius 1 is 1.21 bits per heavy atom. The van der Waals surface area contributed by atoms with Crippen molar-refractivity contribution in [3.63, 3.8) is 0 Å². The molecule has 6 nitrogen and oxygen atoms in total. The number of amides is 1. The topological polar surface area (TPSA) is 101 Å². The number of hydrogen-bond acceptors (Lipinski definition) is 4. The second-order valence-electron chi connectivity index (χ2n) is 4.76. The minimum atomic E-state index is -3.29. The molecule has 0 bridgehead atoms. The Bertz CT molecular complexity index is 545. The van der Waals surface area contributed by atoms with Crippen LogP contribution < -0.4 is 15.8 Å². The summed E-state index contributed by atoms with van der Waals surface area (Å²) in [7, 11) is -3.29. The van der Waals surface area contributed by atoms with Gasteiger partial charge in [-0.3, -0.25) is 9.52 Å². The summed E-state index contributed by atoms with van der Waals surface area (Å²) in [6.07, 6.45) is 0. The van der Waals surface area contributed by atoms with Crippen LogP contribution in [0.25, 0.3) is 0 Å². The lowest BCUT2D eigenvalue weighted by Crippen LogP contribution is -2.45. The summed E-state index contributed by atoms with van der Waals surface area (Å²) in [5.41, 5.74) is 5.69. The van der Waals surface area contributed by atoms with Gasteiger partial charge in [0.2, 0.25) is 15.9 Å². The molecule has 0 saturated heterocycles. The monoisotopic (exact) mass is 285 g/mol. The predicted octanol–water partition coefficient (Wildman–Crippen LogP) is 1.12. The second kappa shape index (κ2) is 5.58. The van der Waals surface area contributed by atoms with Crippen LogP contribution >= 0.6 is 0 Å². The first kappa shape index (κ1) is 15.5. The molecule has 0 aliphatic rings. The van der Waals surface area contributed by atoms with Crippen molar-refractivity contribution in [3.8, 4) is 0 Å². The Balaban J connectivity index is 2.75. The zero-order valence-corrected chi connectivity index (χ0v) is 12.0. The van der Waals surface area contributed by atoms with E-state index in [1.165, 1.54) is 0 Å². The maximum absolute atomic E-state index is 11.6. The Kier molecular flexibility index (Phi) is 4.54. The standard InChI is InChI=1S/C12H19N3O3S/c1-4-19(17,18)15-10-7-5-9(6-8-10)14-11(16)12(2,3)13/h5-8,15H,4,13H2,1-3H3,(H,14,16). The molecule has 0 unspecified atom stereocenters. The number of anilines is 2. The Hall–Kier alpha value is -1.60. The third-order valence-corrected chi connectivity index (χ3v) is 3.69. The van der Waals surface area contributed by atoms with Crippen molar-refractivity contribution in [1.82, 2.24) is 0 Å². The van der Waals surface area contributed by atoms with Gasteiger partial charge in [-0.25, -0.2) is 8.42 Å². The van der Waals surface area contributed by atoms with Crippen molar-refractivity contribution >= 4 is 27.3 Å². The van der Waals surface area contributed by atoms with Gasteiger partial charge in [-0.2, -0.15) is 0 Å². The number of nitrogens with one attached hydrogen (secondary N) is 2. The summed E-state index contributed by atoms with van der Waals surface area (Å²) in [6.45, 7) is 4.76. The smallest absolute Gasteiger partial charge is 0.243 e. The van der Waals surface area contributed by atoms with Crippen LogP contribution in [-0.2, 0) is 14.8 Å². The SMILES string of the molecule is CCS(=O)(=O)Nc1ccc(NC(=O)C(C)(C)N)cc1. The van der Waals surface area contributed by atoms with Gasteiger partial charge >= 0.3 is 0 Å². The van der Waals surface area contributed by atoms with E-state index in [4.69, 9.17) is 5.73 Å². The molecule has 1 aromatic carbocycles. The molecule has 0 heterocycles. The van der Waals surface area contributed by atoms with Crippen LogP contribution in [0.4, 0.5) is 11.4 Å². The van der Waals surface area contributed by atoms with Crippen LogP contribution in [0.2, 0.25) is 0 Å². The Morgan fingerprint density at radius 2 is 1.68 bits per heavy atom. The number of carbonyl (C=O) groups excluding carboxylic acids is 1. The van der Waals surface area contributed by atoms with Crippen LogP contribution in [0.15, 0.2) is 24.3 Å². The average Bonchev–Trinajstić information content (AvgIpc) is 2.30. The molecular formula is C12H19N3O3S. The zero-order chi connectivity index (χ0) is 14.7. The molecule has 1 rings (SSSR count). The van der Waals surface area contributed by atoms with Gasteiger partial charge < -0.3 is 11.1 Å². The van der Waals surface area contributed by atoms with E-state index >= 15 is 0 Å². The Labute approximate surface area is 113 Å². The maximum atomic E-state index is 11.6. The molecule has 0 aliphatic heterocycles. The molecular weight excluding hydrogens is 266 g/mol. The zero-order valence-electron chi connectivity index (χ0n) is 11.2. The molecule has 4 N–H and O–H groups in total. The van der Waals surface area contributed by atoms with E-state index in [1.807, 2.05) is 0 Å². The summed E-state index contributed by atoms with van der Waals surface area (Å²) in [4.78, 5) is 11.6. The molecule has 0 aromatic heterocycles. The second-order valence-corrected chi connectivity index (χ2v) is 6.77. The van der Waals surface area contributed by atoms with Gasteiger partial charge in [0.05, 0.1) is 11.3 Å². The van der Waals surface area contributed by atoms with Gasteiger partial charge in [0.15, 0.2) is 0 Å². The van der Waals surface area contributed by atoms with Crippen molar-refractivity contribution in [2.75, 3.05) is 15.8 Å². The Morgan fingerprint density at radius 3 is 2.11 bits per heavy atom. The number of carbonyl (C=O) groups is 1. The minimum Gasteiger partial charge on any atom is -0.325 e. The van der Waals surface area contributed by atoms with Crippen molar-refractivity contribution in [2.24, 2.45) is 5.73 Å². The van der Waals surface area contributed by atoms with E-state index in [1.54, 1.807) is 45.0 Å². The molecule has 106 valence electrons. The van der Waals surface area contributed by atoms with Crippen LogP contribution in [-0.4, -0.2) is 25.6 Å². The summed E-state index contributed by atoms with van der Waals surface area (Å²) >= 11 is 0. The highest BCUT2D eigenvalue weighted by Crippen LogP contribution is 2.15. The lowest BCUT2D eigenvalue weighted by atomic mass is 10.1. The molecule has 0 fully saturated rings. The molecule has 0 radical (unpaired) electrons. The molecule has 1 aromatic rings. The first-order valence-electron chi connectivity index (χ1n) is 5.85. The maximum Gasteiger partial charge on any atom is 0.243 e. The summed E-state index contributed by atoms with van der Waals surface area (Å²) < 4.78 is 25.1. The summed E-state index contributed by atoms with van der Waals surface area (Å²) in [5.74, 6) is -0.304. The van der Waals surface area contributed by atoms with Crippen LogP contribution in [0.1, 0.15) is 20.8 Å². The number of sulfonamides is 1. The van der Waals surface area contributed by atoms with Crippen LogP contribution in [0, 0.1) is 0 Å². The fourth-order valence-electron chi connectivity index (χ4n) is 1.17. The van der Waals surface area contributed by atoms with Crippen LogP contribution in [0.5, 0.6) is 0 Å².